The number of benzene rings is 2. The zero-order valence-corrected chi connectivity index (χ0v) is 14.9. The van der Waals surface area contributed by atoms with Gasteiger partial charge < -0.3 is 15.4 Å². The third-order valence-electron chi connectivity index (χ3n) is 4.80. The van der Waals surface area contributed by atoms with Crippen LogP contribution in [0, 0.1) is 0 Å². The van der Waals surface area contributed by atoms with Crippen molar-refractivity contribution >= 4 is 17.3 Å². The molecule has 25 heavy (non-hydrogen) atoms. The fourth-order valence-corrected chi connectivity index (χ4v) is 3.00. The van der Waals surface area contributed by atoms with Crippen molar-refractivity contribution in [3.05, 3.63) is 60.2 Å². The van der Waals surface area contributed by atoms with Crippen LogP contribution in [0.15, 0.2) is 54.6 Å². The van der Waals surface area contributed by atoms with Crippen molar-refractivity contribution in [3.63, 3.8) is 0 Å². The van der Waals surface area contributed by atoms with Crippen LogP contribution in [-0.4, -0.2) is 25.2 Å². The monoisotopic (exact) mass is 338 g/mol. The fraction of sp³-hybridized carbons (Fsp3) is 0.381. The lowest BCUT2D eigenvalue weighted by molar-refractivity contribution is -0.120. The van der Waals surface area contributed by atoms with Crippen LogP contribution in [-0.2, 0) is 14.9 Å². The van der Waals surface area contributed by atoms with E-state index in [0.29, 0.717) is 6.04 Å². The Hall–Kier alpha value is -2.33. The molecule has 1 fully saturated rings. The molecular weight excluding hydrogens is 312 g/mol. The van der Waals surface area contributed by atoms with Crippen molar-refractivity contribution in [1.29, 1.82) is 0 Å². The van der Waals surface area contributed by atoms with Gasteiger partial charge in [-0.05, 0) is 56.5 Å². The summed E-state index contributed by atoms with van der Waals surface area (Å²) in [7, 11) is 0. The van der Waals surface area contributed by atoms with E-state index in [1.165, 1.54) is 0 Å². The lowest BCUT2D eigenvalue weighted by Crippen LogP contribution is -2.34. The molecule has 2 N–H and O–H groups in total. The fourth-order valence-electron chi connectivity index (χ4n) is 3.00. The minimum absolute atomic E-state index is 0.0103. The van der Waals surface area contributed by atoms with E-state index in [0.717, 1.165) is 43.0 Å². The minimum atomic E-state index is -0.583. The SMILES string of the molecule is CC(C)(C(=O)Nc1ccc(NC2CCOCC2)cc1)c1ccccc1. The van der Waals surface area contributed by atoms with Crippen molar-refractivity contribution in [2.75, 3.05) is 23.8 Å². The van der Waals surface area contributed by atoms with Crippen molar-refractivity contribution in [1.82, 2.24) is 0 Å². The van der Waals surface area contributed by atoms with Gasteiger partial charge in [-0.3, -0.25) is 4.79 Å². The molecule has 0 bridgehead atoms. The summed E-state index contributed by atoms with van der Waals surface area (Å²) >= 11 is 0. The standard InChI is InChI=1S/C21H26N2O2/c1-21(2,16-6-4-3-5-7-16)20(24)23-18-10-8-17(9-11-18)22-19-12-14-25-15-13-19/h3-11,19,22H,12-15H2,1-2H3,(H,23,24). The number of ether oxygens (including phenoxy) is 1. The smallest absolute Gasteiger partial charge is 0.234 e. The molecule has 2 aromatic carbocycles. The molecule has 2 aromatic rings. The molecule has 1 aliphatic rings. The summed E-state index contributed by atoms with van der Waals surface area (Å²) in [6, 6.07) is 18.2. The molecule has 1 aliphatic heterocycles. The van der Waals surface area contributed by atoms with Gasteiger partial charge in [0.15, 0.2) is 0 Å². The van der Waals surface area contributed by atoms with Gasteiger partial charge in [-0.1, -0.05) is 30.3 Å². The summed E-state index contributed by atoms with van der Waals surface area (Å²) in [5.41, 5.74) is 2.31. The minimum Gasteiger partial charge on any atom is -0.382 e. The topological polar surface area (TPSA) is 50.4 Å². The number of carbonyl (C=O) groups excluding carboxylic acids is 1. The van der Waals surface area contributed by atoms with Gasteiger partial charge in [0, 0.05) is 30.6 Å². The van der Waals surface area contributed by atoms with Gasteiger partial charge in [-0.2, -0.15) is 0 Å². The summed E-state index contributed by atoms with van der Waals surface area (Å²) in [5.74, 6) is -0.0103. The summed E-state index contributed by atoms with van der Waals surface area (Å²) in [4.78, 5) is 12.7. The predicted octanol–water partition coefficient (Wildman–Crippen LogP) is 4.19. The van der Waals surface area contributed by atoms with Gasteiger partial charge in [0.25, 0.3) is 0 Å². The Bertz CT molecular complexity index is 690. The predicted molar refractivity (Wildman–Crippen MR) is 102 cm³/mol. The number of anilines is 2. The van der Waals surface area contributed by atoms with Crippen molar-refractivity contribution in [3.8, 4) is 0 Å². The molecule has 0 spiro atoms. The van der Waals surface area contributed by atoms with Crippen LogP contribution < -0.4 is 10.6 Å². The van der Waals surface area contributed by atoms with E-state index >= 15 is 0 Å². The van der Waals surface area contributed by atoms with Crippen LogP contribution in [0.2, 0.25) is 0 Å². The van der Waals surface area contributed by atoms with E-state index in [2.05, 4.69) is 10.6 Å². The summed E-state index contributed by atoms with van der Waals surface area (Å²) in [6.07, 6.45) is 2.06. The van der Waals surface area contributed by atoms with Crippen LogP contribution in [0.25, 0.3) is 0 Å². The molecule has 1 heterocycles. The second-order valence-electron chi connectivity index (χ2n) is 7.05. The van der Waals surface area contributed by atoms with Gasteiger partial charge >= 0.3 is 0 Å². The van der Waals surface area contributed by atoms with E-state index in [4.69, 9.17) is 4.74 Å². The van der Waals surface area contributed by atoms with E-state index in [1.807, 2.05) is 68.4 Å². The summed E-state index contributed by atoms with van der Waals surface area (Å²) in [6.45, 7) is 5.53. The molecular formula is C21H26N2O2. The Balaban J connectivity index is 1.61. The van der Waals surface area contributed by atoms with Gasteiger partial charge in [0.1, 0.15) is 0 Å². The highest BCUT2D eigenvalue weighted by Crippen LogP contribution is 2.25. The van der Waals surface area contributed by atoms with Gasteiger partial charge in [-0.15, -0.1) is 0 Å². The maximum absolute atomic E-state index is 12.7. The third-order valence-corrected chi connectivity index (χ3v) is 4.80. The normalized spacial score (nSPS) is 15.6. The molecule has 1 saturated heterocycles. The van der Waals surface area contributed by atoms with Crippen LogP contribution >= 0.6 is 0 Å². The van der Waals surface area contributed by atoms with E-state index in [9.17, 15) is 4.79 Å². The van der Waals surface area contributed by atoms with Crippen LogP contribution in [0.4, 0.5) is 11.4 Å². The summed E-state index contributed by atoms with van der Waals surface area (Å²) in [5, 5.41) is 6.55. The van der Waals surface area contributed by atoms with Crippen molar-refractivity contribution in [2.24, 2.45) is 0 Å². The van der Waals surface area contributed by atoms with Crippen molar-refractivity contribution < 1.29 is 9.53 Å². The molecule has 4 nitrogen and oxygen atoms in total. The molecule has 0 unspecified atom stereocenters. The average molecular weight is 338 g/mol. The number of nitrogens with one attached hydrogen (secondary N) is 2. The van der Waals surface area contributed by atoms with Gasteiger partial charge in [-0.25, -0.2) is 0 Å². The van der Waals surface area contributed by atoms with Crippen molar-refractivity contribution in [2.45, 2.75) is 38.1 Å². The van der Waals surface area contributed by atoms with E-state index < -0.39 is 5.41 Å². The zero-order valence-electron chi connectivity index (χ0n) is 14.9. The lowest BCUT2D eigenvalue weighted by Gasteiger charge is -2.25. The lowest BCUT2D eigenvalue weighted by atomic mass is 9.83. The Morgan fingerprint density at radius 2 is 1.56 bits per heavy atom. The summed E-state index contributed by atoms with van der Waals surface area (Å²) < 4.78 is 5.38. The molecule has 0 atom stereocenters. The Morgan fingerprint density at radius 1 is 0.960 bits per heavy atom. The first kappa shape index (κ1) is 17.5. The highest BCUT2D eigenvalue weighted by atomic mass is 16.5. The Labute approximate surface area is 149 Å². The third kappa shape index (κ3) is 4.40. The number of hydrogen-bond donors (Lipinski definition) is 2. The Kier molecular flexibility index (Phi) is 5.39. The molecule has 4 heteroatoms. The molecule has 0 saturated carbocycles. The quantitative estimate of drug-likeness (QED) is 0.859. The van der Waals surface area contributed by atoms with E-state index in [1.54, 1.807) is 0 Å². The largest absolute Gasteiger partial charge is 0.382 e. The molecule has 0 radical (unpaired) electrons. The first-order chi connectivity index (χ1) is 12.1. The van der Waals surface area contributed by atoms with E-state index in [-0.39, 0.29) is 5.91 Å². The van der Waals surface area contributed by atoms with Crippen LogP contribution in [0.1, 0.15) is 32.3 Å². The highest BCUT2D eigenvalue weighted by Gasteiger charge is 2.29. The van der Waals surface area contributed by atoms with Crippen LogP contribution in [0.3, 0.4) is 0 Å². The average Bonchev–Trinajstić information content (AvgIpc) is 2.65. The zero-order chi connectivity index (χ0) is 17.7. The first-order valence-corrected chi connectivity index (χ1v) is 8.87. The van der Waals surface area contributed by atoms with Crippen LogP contribution in [0.5, 0.6) is 0 Å². The number of hydrogen-bond acceptors (Lipinski definition) is 3. The molecule has 132 valence electrons. The maximum atomic E-state index is 12.7. The maximum Gasteiger partial charge on any atom is 0.234 e. The number of amides is 1. The first-order valence-electron chi connectivity index (χ1n) is 8.87. The molecule has 3 rings (SSSR count). The van der Waals surface area contributed by atoms with Gasteiger partial charge in [0.05, 0.1) is 5.41 Å². The second kappa shape index (κ2) is 7.70. The molecule has 0 aromatic heterocycles. The molecule has 0 aliphatic carbocycles. The molecule has 1 amide bonds. The number of rotatable bonds is 5. The second-order valence-corrected chi connectivity index (χ2v) is 7.05. The van der Waals surface area contributed by atoms with Gasteiger partial charge in [0.2, 0.25) is 5.91 Å². The number of carbonyl (C=O) groups is 1. The highest BCUT2D eigenvalue weighted by molar-refractivity contribution is 5.98. The Morgan fingerprint density at radius 3 is 2.20 bits per heavy atom.